The summed E-state index contributed by atoms with van der Waals surface area (Å²) in [5.41, 5.74) is 5.04. The number of benzene rings is 2. The van der Waals surface area contributed by atoms with Crippen molar-refractivity contribution >= 4 is 22.8 Å². The van der Waals surface area contributed by atoms with Gasteiger partial charge in [0.05, 0.1) is 10.6 Å². The van der Waals surface area contributed by atoms with Gasteiger partial charge in [-0.15, -0.1) is 0 Å². The second-order valence-corrected chi connectivity index (χ2v) is 5.34. The number of hydrogen-bond acceptors (Lipinski definition) is 5. The van der Waals surface area contributed by atoms with Crippen LogP contribution in [0.3, 0.4) is 0 Å². The van der Waals surface area contributed by atoms with Crippen molar-refractivity contribution in [3.63, 3.8) is 0 Å². The minimum Gasteiger partial charge on any atom is -0.399 e. The maximum absolute atomic E-state index is 10.7. The van der Waals surface area contributed by atoms with E-state index in [1.54, 1.807) is 19.2 Å². The average Bonchev–Trinajstić information content (AvgIpc) is 2.56. The molecule has 2 aromatic carbocycles. The van der Waals surface area contributed by atoms with Gasteiger partial charge in [0.1, 0.15) is 7.11 Å². The topological polar surface area (TPSA) is 76.8 Å². The molecule has 1 aliphatic carbocycles. The largest absolute Gasteiger partial charge is 0.399 e. The first-order valence-electron chi connectivity index (χ1n) is 7.43. The number of oxime groups is 1. The van der Waals surface area contributed by atoms with E-state index in [-0.39, 0.29) is 5.69 Å². The molecular weight excluding hydrogens is 294 g/mol. The summed E-state index contributed by atoms with van der Waals surface area (Å²) in [6, 6.07) is 12.5. The standard InChI is InChI=1S/C17H17N3O3/c1-23-19-16-7-3-5-12-4-2-6-15(17(12)16)18-13-8-10-14(11-9-13)20(21)22/h2,4,6,8-11,18H,3,5,7H2,1H3/b19-16+. The van der Waals surface area contributed by atoms with Crippen molar-refractivity contribution in [2.24, 2.45) is 5.16 Å². The van der Waals surface area contributed by atoms with Crippen LogP contribution in [0.5, 0.6) is 0 Å². The van der Waals surface area contributed by atoms with E-state index in [0.717, 1.165) is 41.9 Å². The summed E-state index contributed by atoms with van der Waals surface area (Å²) in [5, 5.41) is 18.2. The van der Waals surface area contributed by atoms with Gasteiger partial charge in [-0.1, -0.05) is 17.3 Å². The molecule has 0 radical (unpaired) electrons. The zero-order valence-electron chi connectivity index (χ0n) is 12.8. The fourth-order valence-electron chi connectivity index (χ4n) is 2.85. The van der Waals surface area contributed by atoms with Crippen LogP contribution in [-0.2, 0) is 11.3 Å². The van der Waals surface area contributed by atoms with Gasteiger partial charge in [-0.2, -0.15) is 0 Å². The molecule has 0 aliphatic heterocycles. The predicted molar refractivity (Wildman–Crippen MR) is 89.3 cm³/mol. The SMILES string of the molecule is CO/N=C1\CCCc2cccc(Nc3ccc([N+](=O)[O-])cc3)c21. The van der Waals surface area contributed by atoms with Crippen LogP contribution in [0.4, 0.5) is 17.1 Å². The molecular formula is C17H17N3O3. The first kappa shape index (κ1) is 15.0. The number of nitro groups is 1. The highest BCUT2D eigenvalue weighted by Gasteiger charge is 2.20. The summed E-state index contributed by atoms with van der Waals surface area (Å²) in [6.45, 7) is 0. The Hall–Kier alpha value is -2.89. The van der Waals surface area contributed by atoms with Crippen LogP contribution in [0, 0.1) is 10.1 Å². The van der Waals surface area contributed by atoms with Gasteiger partial charge in [-0.25, -0.2) is 0 Å². The van der Waals surface area contributed by atoms with E-state index >= 15 is 0 Å². The van der Waals surface area contributed by atoms with E-state index in [0.29, 0.717) is 0 Å². The molecule has 1 aliphatic rings. The fourth-order valence-corrected chi connectivity index (χ4v) is 2.85. The lowest BCUT2D eigenvalue weighted by Crippen LogP contribution is -2.14. The van der Waals surface area contributed by atoms with Crippen LogP contribution >= 0.6 is 0 Å². The zero-order valence-corrected chi connectivity index (χ0v) is 12.8. The normalized spacial score (nSPS) is 15.1. The molecule has 3 rings (SSSR count). The number of nitrogens with one attached hydrogen (secondary N) is 1. The molecule has 0 bridgehead atoms. The van der Waals surface area contributed by atoms with Crippen LogP contribution in [0.1, 0.15) is 24.0 Å². The summed E-state index contributed by atoms with van der Waals surface area (Å²) in [4.78, 5) is 15.3. The van der Waals surface area contributed by atoms with Gasteiger partial charge in [0.2, 0.25) is 0 Å². The van der Waals surface area contributed by atoms with Gasteiger partial charge in [-0.05, 0) is 43.0 Å². The van der Waals surface area contributed by atoms with E-state index < -0.39 is 4.92 Å². The van der Waals surface area contributed by atoms with Gasteiger partial charge in [0.15, 0.2) is 0 Å². The summed E-state index contributed by atoms with van der Waals surface area (Å²) in [5.74, 6) is 0. The zero-order chi connectivity index (χ0) is 16.2. The van der Waals surface area contributed by atoms with Crippen LogP contribution < -0.4 is 5.32 Å². The van der Waals surface area contributed by atoms with Crippen LogP contribution in [0.2, 0.25) is 0 Å². The van der Waals surface area contributed by atoms with Gasteiger partial charge < -0.3 is 10.2 Å². The molecule has 0 fully saturated rings. The Kier molecular flexibility index (Phi) is 4.23. The molecule has 0 atom stereocenters. The molecule has 1 N–H and O–H groups in total. The van der Waals surface area contributed by atoms with E-state index in [4.69, 9.17) is 4.84 Å². The van der Waals surface area contributed by atoms with Crippen molar-refractivity contribution in [1.29, 1.82) is 0 Å². The Morgan fingerprint density at radius 3 is 2.65 bits per heavy atom. The Morgan fingerprint density at radius 1 is 1.17 bits per heavy atom. The molecule has 23 heavy (non-hydrogen) atoms. The summed E-state index contributed by atoms with van der Waals surface area (Å²) < 4.78 is 0. The number of rotatable bonds is 4. The number of nitro benzene ring substituents is 1. The molecule has 2 aromatic rings. The Balaban J connectivity index is 1.94. The molecule has 0 aromatic heterocycles. The summed E-state index contributed by atoms with van der Waals surface area (Å²) >= 11 is 0. The molecule has 0 unspecified atom stereocenters. The number of aryl methyl sites for hydroxylation is 1. The van der Waals surface area contributed by atoms with Crippen LogP contribution in [0.25, 0.3) is 0 Å². The summed E-state index contributed by atoms with van der Waals surface area (Å²) in [7, 11) is 1.55. The maximum atomic E-state index is 10.7. The Bertz CT molecular complexity index is 754. The first-order valence-corrected chi connectivity index (χ1v) is 7.43. The van der Waals surface area contributed by atoms with Crippen LogP contribution in [0.15, 0.2) is 47.6 Å². The number of nitrogens with zero attached hydrogens (tertiary/aromatic N) is 2. The van der Waals surface area contributed by atoms with Crippen molar-refractivity contribution in [2.75, 3.05) is 12.4 Å². The van der Waals surface area contributed by atoms with Crippen molar-refractivity contribution in [3.05, 3.63) is 63.7 Å². The van der Waals surface area contributed by atoms with E-state index in [1.807, 2.05) is 12.1 Å². The Morgan fingerprint density at radius 2 is 1.96 bits per heavy atom. The van der Waals surface area contributed by atoms with Gasteiger partial charge in [0.25, 0.3) is 5.69 Å². The molecule has 0 saturated carbocycles. The van der Waals surface area contributed by atoms with Crippen LogP contribution in [-0.4, -0.2) is 17.7 Å². The third kappa shape index (κ3) is 3.15. The smallest absolute Gasteiger partial charge is 0.269 e. The molecule has 0 saturated heterocycles. The Labute approximate surface area is 133 Å². The quantitative estimate of drug-likeness (QED) is 0.683. The lowest BCUT2D eigenvalue weighted by atomic mass is 9.88. The number of hydrogen-bond donors (Lipinski definition) is 1. The van der Waals surface area contributed by atoms with Gasteiger partial charge in [-0.3, -0.25) is 10.1 Å². The predicted octanol–water partition coefficient (Wildman–Crippen LogP) is 4.03. The second kappa shape index (κ2) is 6.48. The number of non-ortho nitro benzene ring substituents is 1. The number of fused-ring (bicyclic) bond motifs is 1. The highest BCUT2D eigenvalue weighted by molar-refractivity contribution is 6.07. The minimum atomic E-state index is -0.405. The van der Waals surface area contributed by atoms with Crippen molar-refractivity contribution in [3.8, 4) is 0 Å². The fraction of sp³-hybridized carbons (Fsp3) is 0.235. The highest BCUT2D eigenvalue weighted by atomic mass is 16.6. The average molecular weight is 311 g/mol. The third-order valence-corrected chi connectivity index (χ3v) is 3.86. The monoisotopic (exact) mass is 311 g/mol. The van der Waals surface area contributed by atoms with E-state index in [2.05, 4.69) is 16.5 Å². The summed E-state index contributed by atoms with van der Waals surface area (Å²) in [6.07, 6.45) is 2.93. The minimum absolute atomic E-state index is 0.0762. The number of anilines is 2. The van der Waals surface area contributed by atoms with E-state index in [9.17, 15) is 10.1 Å². The highest BCUT2D eigenvalue weighted by Crippen LogP contribution is 2.31. The van der Waals surface area contributed by atoms with Gasteiger partial charge in [0, 0.05) is 29.1 Å². The molecule has 0 heterocycles. The molecule has 118 valence electrons. The third-order valence-electron chi connectivity index (χ3n) is 3.86. The van der Waals surface area contributed by atoms with Crippen molar-refractivity contribution < 1.29 is 9.76 Å². The second-order valence-electron chi connectivity index (χ2n) is 5.34. The molecule has 0 amide bonds. The lowest BCUT2D eigenvalue weighted by molar-refractivity contribution is -0.384. The first-order chi connectivity index (χ1) is 11.2. The van der Waals surface area contributed by atoms with Crippen molar-refractivity contribution in [1.82, 2.24) is 0 Å². The molecule has 0 spiro atoms. The molecule has 6 heteroatoms. The molecule has 6 nitrogen and oxygen atoms in total. The van der Waals surface area contributed by atoms with Gasteiger partial charge >= 0.3 is 0 Å². The lowest BCUT2D eigenvalue weighted by Gasteiger charge is -2.21. The maximum Gasteiger partial charge on any atom is 0.269 e. The van der Waals surface area contributed by atoms with E-state index in [1.165, 1.54) is 17.7 Å². The van der Waals surface area contributed by atoms with Crippen molar-refractivity contribution in [2.45, 2.75) is 19.3 Å².